The van der Waals surface area contributed by atoms with E-state index in [2.05, 4.69) is 20.9 Å². The second-order valence-corrected chi connectivity index (χ2v) is 9.77. The lowest BCUT2D eigenvalue weighted by atomic mass is 10.1. The zero-order valence-corrected chi connectivity index (χ0v) is 23.4. The van der Waals surface area contributed by atoms with Crippen molar-refractivity contribution >= 4 is 52.5 Å². The molecule has 0 aliphatic carbocycles. The van der Waals surface area contributed by atoms with Crippen molar-refractivity contribution in [1.82, 2.24) is 10.6 Å². The summed E-state index contributed by atoms with van der Waals surface area (Å²) in [5.41, 5.74) is 9.23. The van der Waals surface area contributed by atoms with Crippen LogP contribution in [0.1, 0.15) is 25.0 Å². The molecule has 2 aromatic rings. The molecule has 0 saturated heterocycles. The van der Waals surface area contributed by atoms with Crippen LogP contribution in [0.5, 0.6) is 0 Å². The van der Waals surface area contributed by atoms with Gasteiger partial charge in [-0.1, -0.05) is 38.1 Å². The van der Waals surface area contributed by atoms with Crippen molar-refractivity contribution in [2.24, 2.45) is 11.7 Å². The molecular weight excluding hydrogens is 529 g/mol. The van der Waals surface area contributed by atoms with E-state index in [0.29, 0.717) is 30.4 Å². The van der Waals surface area contributed by atoms with E-state index in [1.54, 1.807) is 24.3 Å². The molecule has 0 saturated carbocycles. The monoisotopic (exact) mass is 565 g/mol. The summed E-state index contributed by atoms with van der Waals surface area (Å²) in [6.07, 6.45) is 0.156. The SMILES string of the molecule is CC(C)C(N)C(=O)NCC(=O)Nc1ccc(COC(=O)NCCc2ccc(N(CCCl)CCCl)cc2)cc1. The summed E-state index contributed by atoms with van der Waals surface area (Å²) in [6.45, 7) is 5.49. The Kier molecular flexibility index (Phi) is 13.8. The van der Waals surface area contributed by atoms with Crippen LogP contribution in [0.4, 0.5) is 16.2 Å². The molecule has 9 nitrogen and oxygen atoms in total. The van der Waals surface area contributed by atoms with Crippen LogP contribution in [0.2, 0.25) is 0 Å². The molecule has 3 amide bonds. The second-order valence-electron chi connectivity index (χ2n) is 9.02. The van der Waals surface area contributed by atoms with E-state index < -0.39 is 12.1 Å². The van der Waals surface area contributed by atoms with Crippen LogP contribution in [-0.4, -0.2) is 61.9 Å². The third kappa shape index (κ3) is 11.2. The van der Waals surface area contributed by atoms with Gasteiger partial charge in [0.15, 0.2) is 0 Å². The number of hydrogen-bond donors (Lipinski definition) is 4. The lowest BCUT2D eigenvalue weighted by Crippen LogP contribution is -2.46. The maximum atomic E-state index is 12.1. The van der Waals surface area contributed by atoms with Gasteiger partial charge < -0.3 is 31.3 Å². The molecule has 2 rings (SSSR count). The molecule has 0 bridgehead atoms. The first kappa shape index (κ1) is 31.2. The molecule has 11 heteroatoms. The lowest BCUT2D eigenvalue weighted by molar-refractivity contribution is -0.125. The first-order chi connectivity index (χ1) is 18.2. The molecule has 0 spiro atoms. The van der Waals surface area contributed by atoms with Gasteiger partial charge in [-0.2, -0.15) is 0 Å². The van der Waals surface area contributed by atoms with Gasteiger partial charge in [0.1, 0.15) is 6.61 Å². The van der Waals surface area contributed by atoms with Gasteiger partial charge in [0.25, 0.3) is 0 Å². The Labute approximate surface area is 234 Å². The van der Waals surface area contributed by atoms with Gasteiger partial charge in [-0.25, -0.2) is 4.79 Å². The number of nitrogens with two attached hydrogens (primary N) is 1. The van der Waals surface area contributed by atoms with Gasteiger partial charge in [0.05, 0.1) is 12.6 Å². The number of alkyl halides is 2. The minimum atomic E-state index is -0.662. The van der Waals surface area contributed by atoms with E-state index in [0.717, 1.165) is 29.9 Å². The first-order valence-corrected chi connectivity index (χ1v) is 13.6. The predicted molar refractivity (Wildman–Crippen MR) is 153 cm³/mol. The second kappa shape index (κ2) is 16.8. The Morgan fingerprint density at radius 1 is 0.921 bits per heavy atom. The summed E-state index contributed by atoms with van der Waals surface area (Å²) in [5.74, 6) is 0.302. The van der Waals surface area contributed by atoms with Gasteiger partial charge in [0.2, 0.25) is 11.8 Å². The average molecular weight is 567 g/mol. The highest BCUT2D eigenvalue weighted by atomic mass is 35.5. The fraction of sp³-hybridized carbons (Fsp3) is 0.444. The van der Waals surface area contributed by atoms with Crippen molar-refractivity contribution in [2.75, 3.05) is 48.2 Å². The first-order valence-electron chi connectivity index (χ1n) is 12.5. The van der Waals surface area contributed by atoms with Crippen LogP contribution in [0.25, 0.3) is 0 Å². The number of amides is 3. The lowest BCUT2D eigenvalue weighted by Gasteiger charge is -2.23. The van der Waals surface area contributed by atoms with Gasteiger partial charge in [-0.05, 0) is 47.7 Å². The molecule has 1 unspecified atom stereocenters. The molecular formula is C27H37Cl2N5O4. The third-order valence-electron chi connectivity index (χ3n) is 5.75. The molecule has 0 aliphatic heterocycles. The van der Waals surface area contributed by atoms with Crippen LogP contribution >= 0.6 is 23.2 Å². The number of carbonyl (C=O) groups is 3. The highest BCUT2D eigenvalue weighted by molar-refractivity contribution is 6.18. The molecule has 0 radical (unpaired) electrons. The minimum Gasteiger partial charge on any atom is -0.445 e. The quantitative estimate of drug-likeness (QED) is 0.245. The van der Waals surface area contributed by atoms with E-state index in [1.165, 1.54) is 0 Å². The average Bonchev–Trinajstić information content (AvgIpc) is 2.91. The largest absolute Gasteiger partial charge is 0.445 e. The fourth-order valence-corrected chi connectivity index (χ4v) is 3.84. The normalized spacial score (nSPS) is 11.5. The van der Waals surface area contributed by atoms with Crippen molar-refractivity contribution in [3.63, 3.8) is 0 Å². The zero-order chi connectivity index (χ0) is 27.9. The number of rotatable bonds is 15. The molecule has 1 atom stereocenters. The third-order valence-corrected chi connectivity index (χ3v) is 6.08. The van der Waals surface area contributed by atoms with Crippen LogP contribution in [-0.2, 0) is 27.4 Å². The Morgan fingerprint density at radius 3 is 2.11 bits per heavy atom. The summed E-state index contributed by atoms with van der Waals surface area (Å²) in [6, 6.07) is 14.3. The van der Waals surface area contributed by atoms with Gasteiger partial charge in [0, 0.05) is 42.8 Å². The molecule has 0 aliphatic rings. The number of alkyl carbamates (subject to hydrolysis) is 1. The van der Waals surface area contributed by atoms with Gasteiger partial charge in [-0.3, -0.25) is 9.59 Å². The van der Waals surface area contributed by atoms with Crippen LogP contribution in [0.15, 0.2) is 48.5 Å². The maximum absolute atomic E-state index is 12.1. The number of anilines is 2. The van der Waals surface area contributed by atoms with E-state index in [4.69, 9.17) is 33.7 Å². The summed E-state index contributed by atoms with van der Waals surface area (Å²) in [4.78, 5) is 38.1. The van der Waals surface area contributed by atoms with Gasteiger partial charge >= 0.3 is 6.09 Å². The number of hydrogen-bond acceptors (Lipinski definition) is 6. The maximum Gasteiger partial charge on any atom is 0.407 e. The van der Waals surface area contributed by atoms with Crippen molar-refractivity contribution in [1.29, 1.82) is 0 Å². The molecule has 5 N–H and O–H groups in total. The number of nitrogens with zero attached hydrogens (tertiary/aromatic N) is 1. The van der Waals surface area contributed by atoms with Crippen LogP contribution in [0.3, 0.4) is 0 Å². The Bertz CT molecular complexity index is 1010. The number of carbonyl (C=O) groups excluding carboxylic acids is 3. The summed E-state index contributed by atoms with van der Waals surface area (Å²) >= 11 is 11.7. The molecule has 208 valence electrons. The van der Waals surface area contributed by atoms with E-state index >= 15 is 0 Å². The Hall–Kier alpha value is -3.01. The van der Waals surface area contributed by atoms with E-state index in [-0.39, 0.29) is 30.9 Å². The smallest absolute Gasteiger partial charge is 0.407 e. The van der Waals surface area contributed by atoms with Crippen LogP contribution < -0.4 is 26.6 Å². The number of ether oxygens (including phenoxy) is 1. The number of halogens is 2. The van der Waals surface area contributed by atoms with Crippen molar-refractivity contribution in [3.05, 3.63) is 59.7 Å². The molecule has 0 fully saturated rings. The predicted octanol–water partition coefficient (Wildman–Crippen LogP) is 3.48. The Morgan fingerprint density at radius 2 is 1.53 bits per heavy atom. The van der Waals surface area contributed by atoms with Crippen LogP contribution in [0, 0.1) is 5.92 Å². The standard InChI is InChI=1S/C27H37Cl2N5O4/c1-19(2)25(30)26(36)32-17-24(35)33-22-7-3-21(4-8-22)18-38-27(37)31-14-11-20-5-9-23(10-6-20)34(15-12-28)16-13-29/h3-10,19,25H,11-18,30H2,1-2H3,(H,31,37)(H,32,36)(H,33,35). The van der Waals surface area contributed by atoms with E-state index in [9.17, 15) is 14.4 Å². The van der Waals surface area contributed by atoms with E-state index in [1.807, 2.05) is 38.1 Å². The van der Waals surface area contributed by atoms with Crippen molar-refractivity contribution < 1.29 is 19.1 Å². The number of benzene rings is 2. The summed E-state index contributed by atoms with van der Waals surface area (Å²) < 4.78 is 5.27. The van der Waals surface area contributed by atoms with Crippen molar-refractivity contribution in [3.8, 4) is 0 Å². The zero-order valence-electron chi connectivity index (χ0n) is 21.8. The molecule has 0 aromatic heterocycles. The topological polar surface area (TPSA) is 126 Å². The summed E-state index contributed by atoms with van der Waals surface area (Å²) in [7, 11) is 0. The molecule has 2 aromatic carbocycles. The highest BCUT2D eigenvalue weighted by Crippen LogP contribution is 2.16. The molecule has 0 heterocycles. The summed E-state index contributed by atoms with van der Waals surface area (Å²) in [5, 5.41) is 7.96. The van der Waals surface area contributed by atoms with Gasteiger partial charge in [-0.15, -0.1) is 23.2 Å². The minimum absolute atomic E-state index is 0.0211. The van der Waals surface area contributed by atoms with Crippen molar-refractivity contribution in [2.45, 2.75) is 32.9 Å². The number of nitrogens with one attached hydrogen (secondary N) is 3. The highest BCUT2D eigenvalue weighted by Gasteiger charge is 2.17. The molecule has 38 heavy (non-hydrogen) atoms. The fourth-order valence-electron chi connectivity index (χ4n) is 3.43. The Balaban J connectivity index is 1.68.